The van der Waals surface area contributed by atoms with Crippen LogP contribution >= 0.6 is 0 Å². The Kier molecular flexibility index (Phi) is 20.2. The lowest BCUT2D eigenvalue weighted by Crippen LogP contribution is -2.54. The first-order valence-electron chi connectivity index (χ1n) is 19.8. The Morgan fingerprint density at radius 2 is 0.925 bits per heavy atom. The van der Waals surface area contributed by atoms with E-state index in [0.29, 0.717) is 70.4 Å². The van der Waals surface area contributed by atoms with Crippen molar-refractivity contribution in [3.63, 3.8) is 0 Å². The van der Waals surface area contributed by atoms with E-state index in [9.17, 15) is 34.2 Å². The molecule has 3 rings (SSSR count). The minimum atomic E-state index is -0.714. The molecule has 0 bridgehead atoms. The van der Waals surface area contributed by atoms with E-state index < -0.39 is 41.5 Å². The maximum Gasteiger partial charge on any atom is 0.407 e. The van der Waals surface area contributed by atoms with Crippen molar-refractivity contribution in [2.45, 2.75) is 135 Å². The minimum absolute atomic E-state index is 0.0544. The Hall–Kier alpha value is -3.25. The second-order valence-corrected chi connectivity index (χ2v) is 14.6. The molecule has 2 aliphatic rings. The first kappa shape index (κ1) is 44.1. The van der Waals surface area contributed by atoms with Gasteiger partial charge in [0.25, 0.3) is 0 Å². The number of nitrogens with one attached hydrogen (secondary N) is 3. The molecule has 0 spiro atoms. The number of β-amino-alcohol motifs (C(OH)–C–C–N with tert-alkyl or cyclic N) is 2. The third kappa shape index (κ3) is 17.2. The van der Waals surface area contributed by atoms with Crippen molar-refractivity contribution in [3.05, 3.63) is 31.5 Å². The van der Waals surface area contributed by atoms with Crippen molar-refractivity contribution < 1.29 is 29.3 Å². The summed E-state index contributed by atoms with van der Waals surface area (Å²) < 4.78 is 13.7. The minimum Gasteiger partial charge on any atom is -0.447 e. The Balaban J connectivity index is 1.40. The number of aromatic nitrogens is 3. The first-order chi connectivity index (χ1) is 25.5. The molecule has 2 fully saturated rings. The molecular formula is C36H66N8O9. The average Bonchev–Trinajstić information content (AvgIpc) is 4.03. The molecule has 0 saturated carbocycles. The molecule has 2 amide bonds. The van der Waals surface area contributed by atoms with Crippen molar-refractivity contribution in [2.75, 3.05) is 66.1 Å². The smallest absolute Gasteiger partial charge is 0.407 e. The van der Waals surface area contributed by atoms with Crippen LogP contribution in [0, 0.1) is 0 Å². The Labute approximate surface area is 313 Å². The van der Waals surface area contributed by atoms with Crippen molar-refractivity contribution in [3.8, 4) is 0 Å². The molecule has 17 heteroatoms. The maximum absolute atomic E-state index is 13.4. The zero-order valence-corrected chi connectivity index (χ0v) is 32.3. The molecule has 17 nitrogen and oxygen atoms in total. The van der Waals surface area contributed by atoms with Gasteiger partial charge in [-0.1, -0.05) is 38.5 Å². The molecule has 1 aromatic heterocycles. The van der Waals surface area contributed by atoms with Gasteiger partial charge in [-0.3, -0.25) is 9.80 Å². The van der Waals surface area contributed by atoms with Gasteiger partial charge in [0.05, 0.1) is 0 Å². The Bertz CT molecular complexity index is 1320. The predicted molar refractivity (Wildman–Crippen MR) is 201 cm³/mol. The van der Waals surface area contributed by atoms with Gasteiger partial charge in [0.15, 0.2) is 0 Å². The second kappa shape index (κ2) is 24.2. The van der Waals surface area contributed by atoms with E-state index in [0.717, 1.165) is 64.6 Å². The van der Waals surface area contributed by atoms with E-state index in [1.54, 1.807) is 0 Å². The lowest BCUT2D eigenvalue weighted by Gasteiger charge is -2.14. The van der Waals surface area contributed by atoms with Gasteiger partial charge in [-0.25, -0.2) is 37.7 Å². The highest BCUT2D eigenvalue weighted by Crippen LogP contribution is 2.16. The summed E-state index contributed by atoms with van der Waals surface area (Å²) in [6.45, 7) is 9.28. The average molecular weight is 755 g/mol. The quantitative estimate of drug-likeness (QED) is 0.0566. The summed E-state index contributed by atoms with van der Waals surface area (Å²) in [5.41, 5.74) is -1.74. The molecule has 0 aliphatic carbocycles. The van der Waals surface area contributed by atoms with E-state index in [1.165, 1.54) is 13.7 Å². The summed E-state index contributed by atoms with van der Waals surface area (Å²) in [6.07, 6.45) is 6.42. The first-order valence-corrected chi connectivity index (χ1v) is 19.8. The molecule has 304 valence electrons. The highest BCUT2D eigenvalue weighted by atomic mass is 16.6. The normalized spacial score (nSPS) is 20.1. The molecular weight excluding hydrogens is 688 g/mol. The highest BCUT2D eigenvalue weighted by molar-refractivity contribution is 5.67. The molecule has 53 heavy (non-hydrogen) atoms. The van der Waals surface area contributed by atoms with Gasteiger partial charge in [0.1, 0.15) is 25.4 Å². The van der Waals surface area contributed by atoms with Crippen molar-refractivity contribution >= 4 is 12.2 Å². The van der Waals surface area contributed by atoms with Gasteiger partial charge in [-0.2, -0.15) is 0 Å². The van der Waals surface area contributed by atoms with Crippen LogP contribution in [-0.2, 0) is 29.1 Å². The summed E-state index contributed by atoms with van der Waals surface area (Å²) in [4.78, 5) is 68.2. The number of carbonyl (C=O) groups excluding carboxylic acids is 2. The molecule has 3 heterocycles. The molecule has 6 unspecified atom stereocenters. The summed E-state index contributed by atoms with van der Waals surface area (Å²) in [6, 6.07) is 0.938. The van der Waals surface area contributed by atoms with Gasteiger partial charge in [-0.05, 0) is 66.0 Å². The monoisotopic (exact) mass is 754 g/mol. The van der Waals surface area contributed by atoms with Crippen LogP contribution in [0.25, 0.3) is 0 Å². The fourth-order valence-electron chi connectivity index (χ4n) is 6.25. The fraction of sp³-hybridized carbons (Fsp3) is 0.861. The lowest BCUT2D eigenvalue weighted by molar-refractivity contribution is 0.0593. The number of unbranched alkanes of at least 4 members (excludes halogenated alkanes) is 9. The van der Waals surface area contributed by atoms with E-state index in [1.807, 2.05) is 7.05 Å². The van der Waals surface area contributed by atoms with Crippen LogP contribution in [0.1, 0.15) is 90.9 Å². The van der Waals surface area contributed by atoms with Gasteiger partial charge >= 0.3 is 29.3 Å². The van der Waals surface area contributed by atoms with Crippen LogP contribution < -0.4 is 33.0 Å². The Morgan fingerprint density at radius 3 is 1.25 bits per heavy atom. The molecule has 0 aromatic carbocycles. The van der Waals surface area contributed by atoms with E-state index >= 15 is 0 Å². The number of alkyl carbamates (subject to hydrolysis) is 2. The number of hydrogen-bond acceptors (Lipinski definition) is 12. The van der Waals surface area contributed by atoms with Crippen molar-refractivity contribution in [1.29, 1.82) is 0 Å². The molecule has 5 N–H and O–H groups in total. The maximum atomic E-state index is 13.4. The van der Waals surface area contributed by atoms with Gasteiger partial charge in [0.2, 0.25) is 0 Å². The molecule has 6 atom stereocenters. The lowest BCUT2D eigenvalue weighted by atomic mass is 10.2. The van der Waals surface area contributed by atoms with Gasteiger partial charge in [-0.15, -0.1) is 0 Å². The van der Waals surface area contributed by atoms with Crippen LogP contribution in [0.4, 0.5) is 9.59 Å². The standard InChI is InChI=1S/C36H66N8O9/c1-28-22-40(28)24-30(45)26-52-32(47)38-17-11-5-8-14-20-43-34(49)42(19-13-7-4-10-16-37-3)35(50)44(36(43)51)21-15-9-6-12-18-39-33(48)53-27-31(46)25-41-23-29(41)2/h28-31,37,45-46H,4-27H2,1-3H3,(H,38,47)(H,39,48). The zero-order valence-electron chi connectivity index (χ0n) is 32.3. The third-order valence-corrected chi connectivity index (χ3v) is 9.78. The summed E-state index contributed by atoms with van der Waals surface area (Å²) in [5.74, 6) is 0. The summed E-state index contributed by atoms with van der Waals surface area (Å²) in [7, 11) is 1.90. The van der Waals surface area contributed by atoms with Crippen LogP contribution in [0.15, 0.2) is 14.4 Å². The Morgan fingerprint density at radius 1 is 0.604 bits per heavy atom. The van der Waals surface area contributed by atoms with Crippen LogP contribution in [0.5, 0.6) is 0 Å². The van der Waals surface area contributed by atoms with Crippen LogP contribution in [0.2, 0.25) is 0 Å². The fourth-order valence-corrected chi connectivity index (χ4v) is 6.25. The number of ether oxygens (including phenoxy) is 2. The largest absolute Gasteiger partial charge is 0.447 e. The topological polar surface area (TPSA) is 201 Å². The van der Waals surface area contributed by atoms with Crippen LogP contribution in [0.3, 0.4) is 0 Å². The molecule has 0 radical (unpaired) electrons. The summed E-state index contributed by atoms with van der Waals surface area (Å²) in [5, 5.41) is 28.4. The second-order valence-electron chi connectivity index (χ2n) is 14.6. The predicted octanol–water partition coefficient (Wildman–Crippen LogP) is 0.655. The number of rotatable bonds is 29. The number of aliphatic hydroxyl groups is 2. The van der Waals surface area contributed by atoms with E-state index in [2.05, 4.69) is 39.6 Å². The SMILES string of the molecule is CNCCCCCCn1c(=O)n(CCCCCCNC(=O)OCC(O)CN2CC2C)c(=O)n(CCCCCCNC(=O)OCC(O)CN2CC2C)c1=O. The zero-order chi connectivity index (χ0) is 38.6. The number of aliphatic hydroxyl groups excluding tert-OH is 2. The third-order valence-electron chi connectivity index (χ3n) is 9.78. The van der Waals surface area contributed by atoms with Crippen molar-refractivity contribution in [1.82, 2.24) is 39.5 Å². The number of amides is 2. The number of nitrogens with zero attached hydrogens (tertiary/aromatic N) is 5. The summed E-state index contributed by atoms with van der Waals surface area (Å²) >= 11 is 0. The highest BCUT2D eigenvalue weighted by Gasteiger charge is 2.31. The van der Waals surface area contributed by atoms with Gasteiger partial charge in [0, 0.05) is 71.0 Å². The molecule has 2 aliphatic heterocycles. The number of carbonyl (C=O) groups is 2. The number of hydrogen-bond donors (Lipinski definition) is 5. The van der Waals surface area contributed by atoms with E-state index in [4.69, 9.17) is 9.47 Å². The van der Waals surface area contributed by atoms with Crippen LogP contribution in [-0.4, -0.2) is 136 Å². The molecule has 1 aromatic rings. The van der Waals surface area contributed by atoms with Crippen molar-refractivity contribution in [2.24, 2.45) is 0 Å². The van der Waals surface area contributed by atoms with E-state index in [-0.39, 0.29) is 32.8 Å². The van der Waals surface area contributed by atoms with Gasteiger partial charge < -0.3 is 35.6 Å². The molecule has 2 saturated heterocycles.